The number of hydrogen-bond acceptors (Lipinski definition) is 1. The van der Waals surface area contributed by atoms with E-state index in [1.807, 2.05) is 20.8 Å². The Morgan fingerprint density at radius 1 is 1.50 bits per heavy atom. The van der Waals surface area contributed by atoms with Crippen molar-refractivity contribution in [1.29, 1.82) is 0 Å². The van der Waals surface area contributed by atoms with Crippen molar-refractivity contribution >= 4 is 0 Å². The highest BCUT2D eigenvalue weighted by Gasteiger charge is 2.21. The third-order valence-corrected chi connectivity index (χ3v) is 2.37. The number of rotatable bonds is 2. The van der Waals surface area contributed by atoms with Crippen molar-refractivity contribution in [2.24, 2.45) is 0 Å². The summed E-state index contributed by atoms with van der Waals surface area (Å²) in [5.74, 6) is -0.343. The minimum atomic E-state index is -0.343. The Bertz CT molecular complexity index is 268. The van der Waals surface area contributed by atoms with Gasteiger partial charge in [0.05, 0.1) is 0 Å². The molecule has 0 N–H and O–H groups in total. The molecule has 0 fully saturated rings. The molecule has 1 rings (SSSR count). The lowest BCUT2D eigenvalue weighted by Gasteiger charge is -2.22. The van der Waals surface area contributed by atoms with Gasteiger partial charge in [0.1, 0.15) is 0 Å². The van der Waals surface area contributed by atoms with Crippen LogP contribution in [0.5, 0.6) is 0 Å². The molecule has 0 saturated carbocycles. The van der Waals surface area contributed by atoms with Crippen LogP contribution in [0, 0.1) is 5.95 Å². The van der Waals surface area contributed by atoms with Gasteiger partial charge in [0.25, 0.3) is 0 Å². The molecular formula is C10H14FN. The molecule has 1 heterocycles. The molecule has 0 bridgehead atoms. The SMILES string of the molecule is CCC(C)(C)c1cccnc1F. The third kappa shape index (κ3) is 1.63. The van der Waals surface area contributed by atoms with E-state index in [9.17, 15) is 4.39 Å². The molecule has 12 heavy (non-hydrogen) atoms. The molecule has 66 valence electrons. The van der Waals surface area contributed by atoms with Crippen LogP contribution < -0.4 is 0 Å². The molecule has 0 spiro atoms. The Morgan fingerprint density at radius 3 is 2.67 bits per heavy atom. The molecule has 0 unspecified atom stereocenters. The van der Waals surface area contributed by atoms with Crippen molar-refractivity contribution in [3.63, 3.8) is 0 Å². The molecular weight excluding hydrogens is 153 g/mol. The molecule has 0 aliphatic rings. The molecule has 0 atom stereocenters. The van der Waals surface area contributed by atoms with Crippen LogP contribution in [-0.2, 0) is 5.41 Å². The van der Waals surface area contributed by atoms with Crippen LogP contribution in [0.2, 0.25) is 0 Å². The van der Waals surface area contributed by atoms with E-state index in [-0.39, 0.29) is 11.4 Å². The molecule has 1 nitrogen and oxygen atoms in total. The van der Waals surface area contributed by atoms with Crippen molar-refractivity contribution in [2.75, 3.05) is 0 Å². The first-order valence-electron chi connectivity index (χ1n) is 4.19. The maximum atomic E-state index is 13.2. The summed E-state index contributed by atoms with van der Waals surface area (Å²) in [6.07, 6.45) is 2.39. The number of aromatic nitrogens is 1. The van der Waals surface area contributed by atoms with Crippen molar-refractivity contribution in [2.45, 2.75) is 32.6 Å². The fraction of sp³-hybridized carbons (Fsp3) is 0.500. The summed E-state index contributed by atoms with van der Waals surface area (Å²) >= 11 is 0. The van der Waals surface area contributed by atoms with Crippen LogP contribution in [-0.4, -0.2) is 4.98 Å². The van der Waals surface area contributed by atoms with Crippen LogP contribution >= 0.6 is 0 Å². The average molecular weight is 167 g/mol. The van der Waals surface area contributed by atoms with Crippen LogP contribution in [0.25, 0.3) is 0 Å². The smallest absolute Gasteiger partial charge is 0.216 e. The van der Waals surface area contributed by atoms with Crippen molar-refractivity contribution in [3.8, 4) is 0 Å². The number of nitrogens with zero attached hydrogens (tertiary/aromatic N) is 1. The monoisotopic (exact) mass is 167 g/mol. The third-order valence-electron chi connectivity index (χ3n) is 2.37. The molecule has 0 amide bonds. The van der Waals surface area contributed by atoms with E-state index in [0.29, 0.717) is 5.56 Å². The Kier molecular flexibility index (Phi) is 2.46. The number of halogens is 1. The standard InChI is InChI=1S/C10H14FN/c1-4-10(2,3)8-6-5-7-12-9(8)11/h5-7H,4H2,1-3H3. The highest BCUT2D eigenvalue weighted by Crippen LogP contribution is 2.27. The van der Waals surface area contributed by atoms with E-state index in [2.05, 4.69) is 4.98 Å². The van der Waals surface area contributed by atoms with Crippen molar-refractivity contribution in [1.82, 2.24) is 4.98 Å². The Morgan fingerprint density at radius 2 is 2.17 bits per heavy atom. The van der Waals surface area contributed by atoms with Crippen molar-refractivity contribution < 1.29 is 4.39 Å². The molecule has 0 aromatic carbocycles. The zero-order valence-electron chi connectivity index (χ0n) is 7.76. The van der Waals surface area contributed by atoms with Gasteiger partial charge in [-0.3, -0.25) is 0 Å². The first-order valence-corrected chi connectivity index (χ1v) is 4.19. The fourth-order valence-electron chi connectivity index (χ4n) is 1.08. The highest BCUT2D eigenvalue weighted by molar-refractivity contribution is 5.20. The van der Waals surface area contributed by atoms with Crippen LogP contribution in [0.1, 0.15) is 32.8 Å². The van der Waals surface area contributed by atoms with E-state index >= 15 is 0 Å². The number of pyridine rings is 1. The second-order valence-corrected chi connectivity index (χ2v) is 3.58. The van der Waals surface area contributed by atoms with E-state index in [4.69, 9.17) is 0 Å². The topological polar surface area (TPSA) is 12.9 Å². The van der Waals surface area contributed by atoms with Gasteiger partial charge in [0.2, 0.25) is 5.95 Å². The summed E-state index contributed by atoms with van der Waals surface area (Å²) < 4.78 is 13.2. The summed E-state index contributed by atoms with van der Waals surface area (Å²) in [5.41, 5.74) is 0.589. The van der Waals surface area contributed by atoms with Gasteiger partial charge in [-0.2, -0.15) is 4.39 Å². The molecule has 0 radical (unpaired) electrons. The fourth-order valence-corrected chi connectivity index (χ4v) is 1.08. The normalized spacial score (nSPS) is 11.7. The van der Waals surface area contributed by atoms with Crippen LogP contribution in [0.15, 0.2) is 18.3 Å². The van der Waals surface area contributed by atoms with Gasteiger partial charge in [-0.25, -0.2) is 4.98 Å². The highest BCUT2D eigenvalue weighted by atomic mass is 19.1. The van der Waals surface area contributed by atoms with Crippen molar-refractivity contribution in [3.05, 3.63) is 29.8 Å². The zero-order chi connectivity index (χ0) is 9.19. The predicted molar refractivity (Wildman–Crippen MR) is 47.5 cm³/mol. The van der Waals surface area contributed by atoms with E-state index in [0.717, 1.165) is 6.42 Å². The molecule has 0 aliphatic heterocycles. The van der Waals surface area contributed by atoms with Crippen LogP contribution in [0.3, 0.4) is 0 Å². The Labute approximate surface area is 72.6 Å². The van der Waals surface area contributed by atoms with E-state index in [1.54, 1.807) is 12.1 Å². The molecule has 0 aliphatic carbocycles. The van der Waals surface area contributed by atoms with E-state index < -0.39 is 0 Å². The summed E-state index contributed by atoms with van der Waals surface area (Å²) in [7, 11) is 0. The Balaban J connectivity index is 3.10. The minimum Gasteiger partial charge on any atom is -0.228 e. The largest absolute Gasteiger partial charge is 0.228 e. The zero-order valence-corrected chi connectivity index (χ0v) is 7.76. The van der Waals surface area contributed by atoms with Gasteiger partial charge in [0.15, 0.2) is 0 Å². The first kappa shape index (κ1) is 9.17. The van der Waals surface area contributed by atoms with Gasteiger partial charge in [-0.05, 0) is 17.9 Å². The van der Waals surface area contributed by atoms with Gasteiger partial charge >= 0.3 is 0 Å². The quantitative estimate of drug-likeness (QED) is 0.617. The molecule has 1 aromatic heterocycles. The second kappa shape index (κ2) is 3.21. The average Bonchev–Trinajstić information content (AvgIpc) is 2.05. The van der Waals surface area contributed by atoms with Gasteiger partial charge < -0.3 is 0 Å². The first-order chi connectivity index (χ1) is 5.58. The van der Waals surface area contributed by atoms with Crippen LogP contribution in [0.4, 0.5) is 4.39 Å². The molecule has 1 aromatic rings. The lowest BCUT2D eigenvalue weighted by atomic mass is 9.83. The van der Waals surface area contributed by atoms with Gasteiger partial charge in [-0.15, -0.1) is 0 Å². The van der Waals surface area contributed by atoms with Gasteiger partial charge in [0, 0.05) is 11.8 Å². The lowest BCUT2D eigenvalue weighted by Crippen LogP contribution is -2.17. The molecule has 0 saturated heterocycles. The summed E-state index contributed by atoms with van der Waals surface area (Å²) in [4.78, 5) is 3.63. The molecule has 2 heteroatoms. The minimum absolute atomic E-state index is 0.113. The maximum absolute atomic E-state index is 13.2. The second-order valence-electron chi connectivity index (χ2n) is 3.58. The summed E-state index contributed by atoms with van der Waals surface area (Å²) in [6.45, 7) is 6.09. The van der Waals surface area contributed by atoms with Gasteiger partial charge in [-0.1, -0.05) is 26.8 Å². The summed E-state index contributed by atoms with van der Waals surface area (Å²) in [6, 6.07) is 3.57. The lowest BCUT2D eigenvalue weighted by molar-refractivity contribution is 0.455. The number of hydrogen-bond donors (Lipinski definition) is 0. The summed E-state index contributed by atoms with van der Waals surface area (Å²) in [5, 5.41) is 0. The maximum Gasteiger partial charge on any atom is 0.216 e. The Hall–Kier alpha value is -0.920. The van der Waals surface area contributed by atoms with E-state index in [1.165, 1.54) is 6.20 Å². The predicted octanol–water partition coefficient (Wildman–Crippen LogP) is 2.91.